The van der Waals surface area contributed by atoms with E-state index >= 15 is 0 Å². The van der Waals surface area contributed by atoms with Gasteiger partial charge in [0.25, 0.3) is 0 Å². The molecule has 0 spiro atoms. The SMILES string of the molecule is Cc1ccc(-c2c[nH]c3nccc(OCC4(C)CCNCC4)c23)cn1. The molecule has 4 heterocycles. The summed E-state index contributed by atoms with van der Waals surface area (Å²) in [5, 5.41) is 4.45. The minimum absolute atomic E-state index is 0.225. The molecule has 1 saturated heterocycles. The summed E-state index contributed by atoms with van der Waals surface area (Å²) in [5.74, 6) is 0.890. The maximum atomic E-state index is 6.30. The van der Waals surface area contributed by atoms with Gasteiger partial charge in [-0.25, -0.2) is 4.98 Å². The Morgan fingerprint density at radius 3 is 2.76 bits per heavy atom. The van der Waals surface area contributed by atoms with Crippen LogP contribution in [0.25, 0.3) is 22.2 Å². The predicted octanol–water partition coefficient (Wildman–Crippen LogP) is 3.70. The Kier molecular flexibility index (Phi) is 4.17. The van der Waals surface area contributed by atoms with Gasteiger partial charge in [-0.3, -0.25) is 4.98 Å². The fraction of sp³-hybridized carbons (Fsp3) is 0.400. The number of hydrogen-bond acceptors (Lipinski definition) is 4. The summed E-state index contributed by atoms with van der Waals surface area (Å²) in [5.41, 5.74) is 4.24. The quantitative estimate of drug-likeness (QED) is 0.762. The van der Waals surface area contributed by atoms with Gasteiger partial charge in [0.1, 0.15) is 11.4 Å². The molecule has 2 N–H and O–H groups in total. The Morgan fingerprint density at radius 1 is 1.16 bits per heavy atom. The number of aromatic nitrogens is 3. The van der Waals surface area contributed by atoms with Crippen molar-refractivity contribution in [2.24, 2.45) is 5.41 Å². The topological polar surface area (TPSA) is 62.8 Å². The van der Waals surface area contributed by atoms with Gasteiger partial charge in [0, 0.05) is 40.8 Å². The molecule has 0 unspecified atom stereocenters. The molecule has 1 aliphatic heterocycles. The molecule has 5 nitrogen and oxygen atoms in total. The first-order valence-corrected chi connectivity index (χ1v) is 8.87. The smallest absolute Gasteiger partial charge is 0.141 e. The zero-order chi connectivity index (χ0) is 17.3. The van der Waals surface area contributed by atoms with Crippen molar-refractivity contribution in [1.82, 2.24) is 20.3 Å². The fourth-order valence-corrected chi connectivity index (χ4v) is 3.43. The van der Waals surface area contributed by atoms with Crippen LogP contribution >= 0.6 is 0 Å². The Balaban J connectivity index is 1.67. The van der Waals surface area contributed by atoms with Crippen molar-refractivity contribution >= 4 is 11.0 Å². The van der Waals surface area contributed by atoms with E-state index in [1.54, 1.807) is 6.20 Å². The van der Waals surface area contributed by atoms with E-state index in [2.05, 4.69) is 33.3 Å². The van der Waals surface area contributed by atoms with E-state index in [0.29, 0.717) is 0 Å². The second-order valence-corrected chi connectivity index (χ2v) is 7.27. The summed E-state index contributed by atoms with van der Waals surface area (Å²) in [7, 11) is 0. The molecule has 0 atom stereocenters. The Hall–Kier alpha value is -2.40. The van der Waals surface area contributed by atoms with E-state index in [4.69, 9.17) is 4.74 Å². The van der Waals surface area contributed by atoms with Gasteiger partial charge < -0.3 is 15.0 Å². The van der Waals surface area contributed by atoms with Gasteiger partial charge in [0.2, 0.25) is 0 Å². The van der Waals surface area contributed by atoms with Gasteiger partial charge in [-0.05, 0) is 45.0 Å². The van der Waals surface area contributed by atoms with Crippen molar-refractivity contribution in [3.63, 3.8) is 0 Å². The number of pyridine rings is 2. The number of rotatable bonds is 4. The van der Waals surface area contributed by atoms with Crippen LogP contribution < -0.4 is 10.1 Å². The largest absolute Gasteiger partial charge is 0.492 e. The number of aromatic amines is 1. The molecular formula is C20H24N4O. The number of piperidine rings is 1. The summed E-state index contributed by atoms with van der Waals surface area (Å²) in [6, 6.07) is 6.09. The van der Waals surface area contributed by atoms with Crippen LogP contribution in [0, 0.1) is 12.3 Å². The Morgan fingerprint density at radius 2 is 2.00 bits per heavy atom. The van der Waals surface area contributed by atoms with E-state index in [1.807, 2.05) is 31.5 Å². The van der Waals surface area contributed by atoms with Crippen LogP contribution in [0.2, 0.25) is 0 Å². The molecule has 4 rings (SSSR count). The zero-order valence-electron chi connectivity index (χ0n) is 14.8. The van der Waals surface area contributed by atoms with Gasteiger partial charge >= 0.3 is 0 Å². The van der Waals surface area contributed by atoms with Crippen molar-refractivity contribution in [3.8, 4) is 16.9 Å². The molecule has 130 valence electrons. The number of aryl methyl sites for hydroxylation is 1. The van der Waals surface area contributed by atoms with Crippen molar-refractivity contribution in [1.29, 1.82) is 0 Å². The Labute approximate surface area is 147 Å². The third kappa shape index (κ3) is 3.24. The van der Waals surface area contributed by atoms with Gasteiger partial charge in [-0.2, -0.15) is 0 Å². The minimum atomic E-state index is 0.225. The normalized spacial score (nSPS) is 16.9. The van der Waals surface area contributed by atoms with Crippen molar-refractivity contribution < 1.29 is 4.74 Å². The first-order chi connectivity index (χ1) is 12.1. The lowest BCUT2D eigenvalue weighted by Crippen LogP contribution is -2.38. The van der Waals surface area contributed by atoms with Crippen LogP contribution in [0.15, 0.2) is 36.8 Å². The number of nitrogens with one attached hydrogen (secondary N) is 2. The molecule has 0 aromatic carbocycles. The molecule has 3 aromatic rings. The third-order valence-electron chi connectivity index (χ3n) is 5.14. The lowest BCUT2D eigenvalue weighted by Gasteiger charge is -2.33. The maximum absolute atomic E-state index is 6.30. The highest BCUT2D eigenvalue weighted by Gasteiger charge is 2.28. The average Bonchev–Trinajstić information content (AvgIpc) is 3.06. The van der Waals surface area contributed by atoms with E-state index in [0.717, 1.165) is 66.1 Å². The molecule has 5 heteroatoms. The van der Waals surface area contributed by atoms with E-state index in [-0.39, 0.29) is 5.41 Å². The third-order valence-corrected chi connectivity index (χ3v) is 5.14. The van der Waals surface area contributed by atoms with Crippen LogP contribution in [-0.2, 0) is 0 Å². The van der Waals surface area contributed by atoms with E-state index in [9.17, 15) is 0 Å². The van der Waals surface area contributed by atoms with Crippen molar-refractivity contribution in [2.45, 2.75) is 26.7 Å². The Bertz CT molecular complexity index is 863. The minimum Gasteiger partial charge on any atom is -0.492 e. The highest BCUT2D eigenvalue weighted by molar-refractivity contribution is 5.97. The van der Waals surface area contributed by atoms with Crippen LogP contribution in [0.3, 0.4) is 0 Å². The molecule has 25 heavy (non-hydrogen) atoms. The number of nitrogens with zero attached hydrogens (tertiary/aromatic N) is 2. The van der Waals surface area contributed by atoms with Crippen LogP contribution in [-0.4, -0.2) is 34.6 Å². The van der Waals surface area contributed by atoms with Crippen molar-refractivity contribution in [2.75, 3.05) is 19.7 Å². The molecular weight excluding hydrogens is 312 g/mol. The van der Waals surface area contributed by atoms with Crippen LogP contribution in [0.4, 0.5) is 0 Å². The number of hydrogen-bond donors (Lipinski definition) is 2. The lowest BCUT2D eigenvalue weighted by molar-refractivity contribution is 0.124. The highest BCUT2D eigenvalue weighted by atomic mass is 16.5. The first-order valence-electron chi connectivity index (χ1n) is 8.87. The van der Waals surface area contributed by atoms with Gasteiger partial charge in [0.15, 0.2) is 0 Å². The highest BCUT2D eigenvalue weighted by Crippen LogP contribution is 2.36. The van der Waals surface area contributed by atoms with Crippen LogP contribution in [0.1, 0.15) is 25.5 Å². The summed E-state index contributed by atoms with van der Waals surface area (Å²) >= 11 is 0. The van der Waals surface area contributed by atoms with Gasteiger partial charge in [0.05, 0.1) is 12.0 Å². The second-order valence-electron chi connectivity index (χ2n) is 7.27. The second kappa shape index (κ2) is 6.48. The first kappa shape index (κ1) is 16.1. The lowest BCUT2D eigenvalue weighted by atomic mass is 9.82. The molecule has 0 radical (unpaired) electrons. The molecule has 3 aromatic heterocycles. The average molecular weight is 336 g/mol. The monoisotopic (exact) mass is 336 g/mol. The molecule has 0 saturated carbocycles. The summed E-state index contributed by atoms with van der Waals surface area (Å²) in [6.07, 6.45) is 7.98. The summed E-state index contributed by atoms with van der Waals surface area (Å²) < 4.78 is 6.30. The number of H-pyrrole nitrogens is 1. The van der Waals surface area contributed by atoms with Crippen molar-refractivity contribution in [3.05, 3.63) is 42.5 Å². The van der Waals surface area contributed by atoms with E-state index < -0.39 is 0 Å². The number of ether oxygens (including phenoxy) is 1. The molecule has 0 amide bonds. The summed E-state index contributed by atoms with van der Waals surface area (Å²) in [6.45, 7) is 7.17. The molecule has 1 fully saturated rings. The zero-order valence-corrected chi connectivity index (χ0v) is 14.8. The van der Waals surface area contributed by atoms with Gasteiger partial charge in [-0.15, -0.1) is 0 Å². The van der Waals surface area contributed by atoms with Gasteiger partial charge in [-0.1, -0.05) is 13.0 Å². The molecule has 1 aliphatic rings. The van der Waals surface area contributed by atoms with E-state index in [1.165, 1.54) is 0 Å². The molecule has 0 aliphatic carbocycles. The van der Waals surface area contributed by atoms with Crippen LogP contribution in [0.5, 0.6) is 5.75 Å². The fourth-order valence-electron chi connectivity index (χ4n) is 3.43. The summed E-state index contributed by atoms with van der Waals surface area (Å²) in [4.78, 5) is 12.1. The number of fused-ring (bicyclic) bond motifs is 1. The standard InChI is InChI=1S/C20H24N4O/c1-14-3-4-15(11-23-14)16-12-24-19-18(16)17(5-8-22-19)25-13-20(2)6-9-21-10-7-20/h3-5,8,11-12,21H,6-7,9-10,13H2,1-2H3,(H,22,24). The predicted molar refractivity (Wildman–Crippen MR) is 99.8 cm³/mol. The maximum Gasteiger partial charge on any atom is 0.141 e. The molecule has 0 bridgehead atoms.